The van der Waals surface area contributed by atoms with Crippen LogP contribution in [0, 0.1) is 6.92 Å². The second kappa shape index (κ2) is 9.26. The van der Waals surface area contributed by atoms with E-state index in [0.717, 1.165) is 22.3 Å². The number of carbonyl (C=O) groups excluding carboxylic acids is 2. The summed E-state index contributed by atoms with van der Waals surface area (Å²) in [5.41, 5.74) is 10.9. The van der Waals surface area contributed by atoms with Crippen LogP contribution in [0.2, 0.25) is 0 Å². The molecule has 2 amide bonds. The highest BCUT2D eigenvalue weighted by atomic mass is 16.4. The molecular weight excluding hydrogens is 442 g/mol. The highest BCUT2D eigenvalue weighted by Crippen LogP contribution is 2.47. The lowest BCUT2D eigenvalue weighted by molar-refractivity contribution is 0.0820. The molecule has 0 radical (unpaired) electrons. The Hall–Kier alpha value is -3.52. The van der Waals surface area contributed by atoms with Crippen molar-refractivity contribution in [2.24, 2.45) is 5.73 Å². The van der Waals surface area contributed by atoms with Gasteiger partial charge in [-0.05, 0) is 72.7 Å². The van der Waals surface area contributed by atoms with Crippen molar-refractivity contribution in [3.63, 3.8) is 0 Å². The summed E-state index contributed by atoms with van der Waals surface area (Å²) in [6.45, 7) is 3.73. The van der Waals surface area contributed by atoms with E-state index in [1.165, 1.54) is 0 Å². The molecule has 1 aromatic heterocycles. The van der Waals surface area contributed by atoms with Gasteiger partial charge in [-0.15, -0.1) is 10.2 Å². The van der Waals surface area contributed by atoms with Crippen LogP contribution in [0.3, 0.4) is 0 Å². The van der Waals surface area contributed by atoms with Gasteiger partial charge in [-0.2, -0.15) is 0 Å². The minimum atomic E-state index is -0.810. The molecule has 3 aromatic rings. The molecule has 0 aliphatic heterocycles. The Labute approximate surface area is 206 Å². The summed E-state index contributed by atoms with van der Waals surface area (Å²) in [5.74, 6) is 0.824. The van der Waals surface area contributed by atoms with Crippen LogP contribution in [-0.4, -0.2) is 66.0 Å². The first kappa shape index (κ1) is 24.6. The van der Waals surface area contributed by atoms with E-state index >= 15 is 0 Å². The molecule has 1 heterocycles. The number of amides is 2. The molecule has 0 unspecified atom stereocenters. The maximum atomic E-state index is 12.8. The molecule has 0 spiro atoms. The quantitative estimate of drug-likeness (QED) is 0.608. The van der Waals surface area contributed by atoms with E-state index in [-0.39, 0.29) is 17.9 Å². The summed E-state index contributed by atoms with van der Waals surface area (Å²) in [6, 6.07) is 11.5. The van der Waals surface area contributed by atoms with E-state index in [1.807, 2.05) is 43.3 Å². The first-order valence-corrected chi connectivity index (χ1v) is 11.8. The van der Waals surface area contributed by atoms with Gasteiger partial charge in [0.25, 0.3) is 11.8 Å². The van der Waals surface area contributed by atoms with Crippen molar-refractivity contribution in [1.82, 2.24) is 20.0 Å². The molecule has 0 fully saturated rings. The van der Waals surface area contributed by atoms with Crippen molar-refractivity contribution in [2.75, 3.05) is 28.2 Å². The number of aryl methyl sites for hydroxylation is 3. The first-order valence-electron chi connectivity index (χ1n) is 11.8. The van der Waals surface area contributed by atoms with Crippen LogP contribution in [0.5, 0.6) is 0 Å². The van der Waals surface area contributed by atoms with Crippen LogP contribution < -0.4 is 5.73 Å². The van der Waals surface area contributed by atoms with Crippen molar-refractivity contribution >= 4 is 11.8 Å². The fourth-order valence-corrected chi connectivity index (χ4v) is 5.12. The van der Waals surface area contributed by atoms with Gasteiger partial charge in [0, 0.05) is 52.3 Å². The Kier molecular flexibility index (Phi) is 6.51. The number of rotatable bonds is 5. The van der Waals surface area contributed by atoms with Crippen LogP contribution >= 0.6 is 0 Å². The van der Waals surface area contributed by atoms with Crippen LogP contribution in [0.4, 0.5) is 0 Å². The monoisotopic (exact) mass is 475 g/mol. The van der Waals surface area contributed by atoms with Gasteiger partial charge in [0.15, 0.2) is 0 Å². The molecule has 0 bridgehead atoms. The van der Waals surface area contributed by atoms with E-state index in [2.05, 4.69) is 10.2 Å². The zero-order valence-electron chi connectivity index (χ0n) is 21.3. The smallest absolute Gasteiger partial charge is 0.253 e. The minimum absolute atomic E-state index is 0.0557. The molecule has 8 nitrogen and oxygen atoms in total. The van der Waals surface area contributed by atoms with Gasteiger partial charge < -0.3 is 20.0 Å². The summed E-state index contributed by atoms with van der Waals surface area (Å²) in [5, 5.41) is 8.63. The number of carbonyl (C=O) groups is 2. The first-order chi connectivity index (χ1) is 16.5. The SMILES string of the molecule is Cc1nnc(C2(C[C@H](C)N)c3ccc(C(=O)N(C)C)cc3CCc3cc(C(=O)N(C)C)ccc32)o1. The van der Waals surface area contributed by atoms with Crippen molar-refractivity contribution in [2.45, 2.75) is 44.6 Å². The van der Waals surface area contributed by atoms with E-state index in [9.17, 15) is 9.59 Å². The zero-order chi connectivity index (χ0) is 25.5. The number of benzene rings is 2. The van der Waals surface area contributed by atoms with Gasteiger partial charge in [0.2, 0.25) is 11.8 Å². The Morgan fingerprint density at radius 1 is 0.943 bits per heavy atom. The van der Waals surface area contributed by atoms with Crippen LogP contribution in [0.25, 0.3) is 0 Å². The fraction of sp³-hybridized carbons (Fsp3) is 0.407. The number of hydrogen-bond donors (Lipinski definition) is 1. The number of fused-ring (bicyclic) bond motifs is 2. The topological polar surface area (TPSA) is 106 Å². The number of aromatic nitrogens is 2. The van der Waals surface area contributed by atoms with E-state index < -0.39 is 5.41 Å². The number of nitrogens with zero attached hydrogens (tertiary/aromatic N) is 4. The average molecular weight is 476 g/mol. The fourth-order valence-electron chi connectivity index (χ4n) is 5.12. The van der Waals surface area contributed by atoms with Gasteiger partial charge in [0.05, 0.1) is 0 Å². The molecule has 1 aliphatic rings. The lowest BCUT2D eigenvalue weighted by Gasteiger charge is -2.35. The second-order valence-corrected chi connectivity index (χ2v) is 9.86. The summed E-state index contributed by atoms with van der Waals surface area (Å²) in [7, 11) is 6.98. The highest BCUT2D eigenvalue weighted by Gasteiger charge is 2.46. The molecule has 35 heavy (non-hydrogen) atoms. The summed E-state index contributed by atoms with van der Waals surface area (Å²) < 4.78 is 6.10. The molecule has 184 valence electrons. The molecule has 2 N–H and O–H groups in total. The minimum Gasteiger partial charge on any atom is -0.424 e. The van der Waals surface area contributed by atoms with Crippen molar-refractivity contribution in [3.8, 4) is 0 Å². The van der Waals surface area contributed by atoms with E-state index in [0.29, 0.717) is 42.2 Å². The Balaban J connectivity index is 2.02. The Morgan fingerprint density at radius 3 is 1.80 bits per heavy atom. The van der Waals surface area contributed by atoms with Crippen molar-refractivity contribution < 1.29 is 14.0 Å². The molecule has 0 saturated heterocycles. The molecule has 2 aromatic carbocycles. The largest absolute Gasteiger partial charge is 0.424 e. The molecule has 8 heteroatoms. The van der Waals surface area contributed by atoms with Crippen LogP contribution in [-0.2, 0) is 18.3 Å². The van der Waals surface area contributed by atoms with Crippen LogP contribution in [0.15, 0.2) is 40.8 Å². The normalized spacial score (nSPS) is 14.9. The standard InChI is InChI=1S/C27H33N5O3/c1-16(28)15-27(26-30-29-17(2)35-26)22-11-9-20(24(33)31(3)4)13-18(22)7-8-19-14-21(10-12-23(19)27)25(34)32(5)6/h9-14,16H,7-8,15,28H2,1-6H3/t16-/m0/s1. The van der Waals surface area contributed by atoms with Gasteiger partial charge in [-0.1, -0.05) is 12.1 Å². The third-order valence-electron chi connectivity index (χ3n) is 6.62. The van der Waals surface area contributed by atoms with E-state index in [1.54, 1.807) is 44.9 Å². The average Bonchev–Trinajstić information content (AvgIpc) is 3.21. The maximum Gasteiger partial charge on any atom is 0.253 e. The third-order valence-corrected chi connectivity index (χ3v) is 6.62. The second-order valence-electron chi connectivity index (χ2n) is 9.86. The van der Waals surface area contributed by atoms with Gasteiger partial charge in [0.1, 0.15) is 5.41 Å². The predicted octanol–water partition coefficient (Wildman–Crippen LogP) is 2.95. The third kappa shape index (κ3) is 4.34. The molecule has 0 saturated carbocycles. The highest BCUT2D eigenvalue weighted by molar-refractivity contribution is 5.95. The van der Waals surface area contributed by atoms with Crippen molar-refractivity contribution in [3.05, 3.63) is 81.6 Å². The lowest BCUT2D eigenvalue weighted by atomic mass is 9.68. The van der Waals surface area contributed by atoms with Crippen LogP contribution in [0.1, 0.15) is 68.1 Å². The summed E-state index contributed by atoms with van der Waals surface area (Å²) in [6.07, 6.45) is 1.92. The molecule has 1 atom stereocenters. The summed E-state index contributed by atoms with van der Waals surface area (Å²) in [4.78, 5) is 28.7. The summed E-state index contributed by atoms with van der Waals surface area (Å²) >= 11 is 0. The predicted molar refractivity (Wildman–Crippen MR) is 134 cm³/mol. The Morgan fingerprint density at radius 2 is 1.43 bits per heavy atom. The zero-order valence-corrected chi connectivity index (χ0v) is 21.3. The van der Waals surface area contributed by atoms with Crippen molar-refractivity contribution in [1.29, 1.82) is 0 Å². The molecule has 4 rings (SSSR count). The Bertz CT molecular complexity index is 1200. The van der Waals surface area contributed by atoms with Gasteiger partial charge >= 0.3 is 0 Å². The lowest BCUT2D eigenvalue weighted by Crippen LogP contribution is -2.37. The molecule has 1 aliphatic carbocycles. The van der Waals surface area contributed by atoms with E-state index in [4.69, 9.17) is 10.2 Å². The van der Waals surface area contributed by atoms with Gasteiger partial charge in [-0.3, -0.25) is 9.59 Å². The maximum absolute atomic E-state index is 12.8. The molecular formula is C27H33N5O3. The number of hydrogen-bond acceptors (Lipinski definition) is 6. The number of nitrogens with two attached hydrogens (primary N) is 1. The van der Waals surface area contributed by atoms with Gasteiger partial charge in [-0.25, -0.2) is 0 Å².